The van der Waals surface area contributed by atoms with Crippen LogP contribution in [0.4, 0.5) is 17.1 Å². The van der Waals surface area contributed by atoms with Gasteiger partial charge in [-0.05, 0) is 61.9 Å². The molecule has 0 aliphatic carbocycles. The van der Waals surface area contributed by atoms with Gasteiger partial charge in [0, 0.05) is 38.3 Å². The van der Waals surface area contributed by atoms with E-state index >= 15 is 0 Å². The standard InChI is InChI=1S/C26H32N4O4S/c31-25-18-21(20-9-3-4-10-22(20)27-25)26(32)28-23-17-19(35(33,34)30-15-7-2-8-16-30)11-12-24(23)29-13-5-1-6-14-29/h3-4,9-12,17,21H,1-2,5-8,13-16,18H2,(H,27,31)(H,28,32). The van der Waals surface area contributed by atoms with Crippen molar-refractivity contribution >= 4 is 38.9 Å². The van der Waals surface area contributed by atoms with E-state index in [1.165, 1.54) is 0 Å². The van der Waals surface area contributed by atoms with E-state index in [0.717, 1.165) is 62.9 Å². The lowest BCUT2D eigenvalue weighted by molar-refractivity contribution is -0.123. The molecule has 0 aromatic heterocycles. The molecule has 2 aromatic rings. The number of fused-ring (bicyclic) bond motifs is 1. The number of sulfonamides is 1. The van der Waals surface area contributed by atoms with Crippen LogP contribution in [0.2, 0.25) is 0 Å². The zero-order valence-electron chi connectivity index (χ0n) is 19.8. The van der Waals surface area contributed by atoms with Crippen molar-refractivity contribution in [1.82, 2.24) is 4.31 Å². The minimum Gasteiger partial charge on any atom is -0.370 e. The van der Waals surface area contributed by atoms with E-state index in [0.29, 0.717) is 24.5 Å². The summed E-state index contributed by atoms with van der Waals surface area (Å²) in [6.45, 7) is 2.75. The molecular formula is C26H32N4O4S. The van der Waals surface area contributed by atoms with Gasteiger partial charge >= 0.3 is 0 Å². The molecule has 8 nitrogen and oxygen atoms in total. The van der Waals surface area contributed by atoms with Crippen molar-refractivity contribution in [2.45, 2.75) is 55.8 Å². The lowest BCUT2D eigenvalue weighted by Gasteiger charge is -2.32. The minimum absolute atomic E-state index is 0.0493. The van der Waals surface area contributed by atoms with Crippen molar-refractivity contribution < 1.29 is 18.0 Å². The second kappa shape index (κ2) is 9.99. The van der Waals surface area contributed by atoms with Crippen molar-refractivity contribution in [3.05, 3.63) is 48.0 Å². The first-order valence-corrected chi connectivity index (χ1v) is 14.0. The zero-order chi connectivity index (χ0) is 24.4. The number of nitrogens with one attached hydrogen (secondary N) is 2. The minimum atomic E-state index is -3.65. The molecule has 3 heterocycles. The Balaban J connectivity index is 1.49. The van der Waals surface area contributed by atoms with Gasteiger partial charge in [0.05, 0.1) is 22.2 Å². The summed E-state index contributed by atoms with van der Waals surface area (Å²) < 4.78 is 28.3. The molecule has 2 saturated heterocycles. The second-order valence-electron chi connectivity index (χ2n) is 9.57. The normalized spacial score (nSPS) is 21.2. The molecule has 3 aliphatic rings. The maximum Gasteiger partial charge on any atom is 0.243 e. The molecule has 2 N–H and O–H groups in total. The number of para-hydroxylation sites is 1. The van der Waals surface area contributed by atoms with Gasteiger partial charge in [0.15, 0.2) is 0 Å². The highest BCUT2D eigenvalue weighted by Crippen LogP contribution is 2.36. The highest BCUT2D eigenvalue weighted by Gasteiger charge is 2.32. The Morgan fingerprint density at radius 3 is 2.34 bits per heavy atom. The van der Waals surface area contributed by atoms with Gasteiger partial charge in [-0.2, -0.15) is 4.31 Å². The van der Waals surface area contributed by atoms with Crippen molar-refractivity contribution in [3.63, 3.8) is 0 Å². The monoisotopic (exact) mass is 496 g/mol. The van der Waals surface area contributed by atoms with Gasteiger partial charge in [-0.25, -0.2) is 8.42 Å². The first-order chi connectivity index (χ1) is 16.9. The van der Waals surface area contributed by atoms with E-state index in [1.54, 1.807) is 22.5 Å². The van der Waals surface area contributed by atoms with E-state index in [2.05, 4.69) is 15.5 Å². The van der Waals surface area contributed by atoms with Gasteiger partial charge in [-0.3, -0.25) is 9.59 Å². The van der Waals surface area contributed by atoms with Crippen LogP contribution in [-0.2, 0) is 19.6 Å². The average Bonchev–Trinajstić information content (AvgIpc) is 2.89. The highest BCUT2D eigenvalue weighted by molar-refractivity contribution is 7.89. The Morgan fingerprint density at radius 2 is 1.60 bits per heavy atom. The number of piperidine rings is 2. The maximum absolute atomic E-state index is 13.5. The van der Waals surface area contributed by atoms with E-state index in [-0.39, 0.29) is 23.1 Å². The number of nitrogens with zero attached hydrogens (tertiary/aromatic N) is 2. The number of rotatable bonds is 5. The molecule has 0 spiro atoms. The molecule has 1 unspecified atom stereocenters. The third kappa shape index (κ3) is 4.92. The number of anilines is 3. The number of amides is 2. The quantitative estimate of drug-likeness (QED) is 0.654. The van der Waals surface area contributed by atoms with Gasteiger partial charge in [0.2, 0.25) is 21.8 Å². The SMILES string of the molecule is O=C1CC(C(=O)Nc2cc(S(=O)(=O)N3CCCCC3)ccc2N2CCCCC2)c2ccccc2N1. The molecule has 2 fully saturated rings. The smallest absolute Gasteiger partial charge is 0.243 e. The summed E-state index contributed by atoms with van der Waals surface area (Å²) in [5, 5.41) is 5.84. The fraction of sp³-hybridized carbons (Fsp3) is 0.462. The molecule has 2 amide bonds. The van der Waals surface area contributed by atoms with E-state index < -0.39 is 15.9 Å². The van der Waals surface area contributed by atoms with E-state index in [1.807, 2.05) is 24.3 Å². The lowest BCUT2D eigenvalue weighted by atomic mass is 9.89. The zero-order valence-corrected chi connectivity index (χ0v) is 20.6. The molecule has 0 radical (unpaired) electrons. The molecule has 0 saturated carbocycles. The van der Waals surface area contributed by atoms with E-state index in [9.17, 15) is 18.0 Å². The van der Waals surface area contributed by atoms with Gasteiger partial charge in [0.25, 0.3) is 0 Å². The summed E-state index contributed by atoms with van der Waals surface area (Å²) in [7, 11) is -3.65. The fourth-order valence-electron chi connectivity index (χ4n) is 5.31. The molecular weight excluding hydrogens is 464 g/mol. The maximum atomic E-state index is 13.5. The Labute approximate surface area is 206 Å². The van der Waals surface area contributed by atoms with Crippen molar-refractivity contribution in [2.24, 2.45) is 0 Å². The average molecular weight is 497 g/mol. The van der Waals surface area contributed by atoms with Crippen molar-refractivity contribution in [3.8, 4) is 0 Å². The number of hydrogen-bond donors (Lipinski definition) is 2. The van der Waals surface area contributed by atoms with E-state index in [4.69, 9.17) is 0 Å². The van der Waals surface area contributed by atoms with Crippen molar-refractivity contribution in [2.75, 3.05) is 41.7 Å². The summed E-state index contributed by atoms with van der Waals surface area (Å²) in [5.74, 6) is -1.16. The predicted octanol–water partition coefficient (Wildman–Crippen LogP) is 3.92. The van der Waals surface area contributed by atoms with Crippen LogP contribution >= 0.6 is 0 Å². The molecule has 0 bridgehead atoms. The summed E-state index contributed by atoms with van der Waals surface area (Å²) in [6, 6.07) is 12.4. The van der Waals surface area contributed by atoms with Crippen LogP contribution in [0.1, 0.15) is 56.4 Å². The van der Waals surface area contributed by atoms with Crippen LogP contribution in [0.3, 0.4) is 0 Å². The summed E-state index contributed by atoms with van der Waals surface area (Å²) in [4.78, 5) is 28.2. The Hall–Kier alpha value is -2.91. The van der Waals surface area contributed by atoms with Crippen LogP contribution < -0.4 is 15.5 Å². The van der Waals surface area contributed by atoms with Crippen LogP contribution in [0.25, 0.3) is 0 Å². The third-order valence-electron chi connectivity index (χ3n) is 7.19. The first kappa shape index (κ1) is 23.8. The third-order valence-corrected chi connectivity index (χ3v) is 9.09. The van der Waals surface area contributed by atoms with Crippen LogP contribution in [0, 0.1) is 0 Å². The molecule has 186 valence electrons. The highest BCUT2D eigenvalue weighted by atomic mass is 32.2. The largest absolute Gasteiger partial charge is 0.370 e. The Kier molecular flexibility index (Phi) is 6.80. The Morgan fingerprint density at radius 1 is 0.914 bits per heavy atom. The first-order valence-electron chi connectivity index (χ1n) is 12.5. The van der Waals surface area contributed by atoms with Crippen LogP contribution in [0.15, 0.2) is 47.4 Å². The molecule has 35 heavy (non-hydrogen) atoms. The van der Waals surface area contributed by atoms with Gasteiger partial charge in [-0.1, -0.05) is 24.6 Å². The summed E-state index contributed by atoms with van der Waals surface area (Å²) in [5.41, 5.74) is 2.71. The topological polar surface area (TPSA) is 98.8 Å². The number of hydrogen-bond acceptors (Lipinski definition) is 5. The predicted molar refractivity (Wildman–Crippen MR) is 136 cm³/mol. The summed E-state index contributed by atoms with van der Waals surface area (Å²) >= 11 is 0. The molecule has 5 rings (SSSR count). The Bertz CT molecular complexity index is 1220. The van der Waals surface area contributed by atoms with Gasteiger partial charge < -0.3 is 15.5 Å². The van der Waals surface area contributed by atoms with Crippen LogP contribution in [-0.4, -0.2) is 50.7 Å². The fourth-order valence-corrected chi connectivity index (χ4v) is 6.85. The number of benzene rings is 2. The molecule has 9 heteroatoms. The molecule has 2 aromatic carbocycles. The number of carbonyl (C=O) groups excluding carboxylic acids is 2. The lowest BCUT2D eigenvalue weighted by Crippen LogP contribution is -2.36. The van der Waals surface area contributed by atoms with Crippen LogP contribution in [0.5, 0.6) is 0 Å². The molecule has 3 aliphatic heterocycles. The summed E-state index contributed by atoms with van der Waals surface area (Å²) in [6.07, 6.45) is 6.07. The second-order valence-corrected chi connectivity index (χ2v) is 11.5. The van der Waals surface area contributed by atoms with Crippen molar-refractivity contribution in [1.29, 1.82) is 0 Å². The van der Waals surface area contributed by atoms with Gasteiger partial charge in [0.1, 0.15) is 0 Å². The molecule has 1 atom stereocenters. The van der Waals surface area contributed by atoms with Gasteiger partial charge in [-0.15, -0.1) is 0 Å². The number of carbonyl (C=O) groups is 2.